The molecular formula is C15H12F2O2S. The van der Waals surface area contributed by atoms with Gasteiger partial charge in [0.1, 0.15) is 11.6 Å². The van der Waals surface area contributed by atoms with Gasteiger partial charge in [-0.25, -0.2) is 8.78 Å². The molecule has 0 heterocycles. The first-order chi connectivity index (χ1) is 9.49. The van der Waals surface area contributed by atoms with Crippen molar-refractivity contribution in [3.05, 3.63) is 65.2 Å². The van der Waals surface area contributed by atoms with E-state index >= 15 is 0 Å². The fourth-order valence-corrected chi connectivity index (χ4v) is 2.89. The lowest BCUT2D eigenvalue weighted by Crippen LogP contribution is -2.14. The summed E-state index contributed by atoms with van der Waals surface area (Å²) < 4.78 is 39.0. The fourth-order valence-electron chi connectivity index (χ4n) is 1.80. The molecule has 104 valence electrons. The van der Waals surface area contributed by atoms with Crippen LogP contribution in [0.25, 0.3) is 0 Å². The van der Waals surface area contributed by atoms with Crippen LogP contribution in [0.3, 0.4) is 0 Å². The smallest absolute Gasteiger partial charge is 0.181 e. The number of benzene rings is 2. The van der Waals surface area contributed by atoms with Gasteiger partial charge in [-0.15, -0.1) is 0 Å². The zero-order valence-corrected chi connectivity index (χ0v) is 11.5. The van der Waals surface area contributed by atoms with Crippen molar-refractivity contribution in [1.29, 1.82) is 0 Å². The van der Waals surface area contributed by atoms with Crippen molar-refractivity contribution in [3.63, 3.8) is 0 Å². The van der Waals surface area contributed by atoms with Gasteiger partial charge in [0.15, 0.2) is 5.78 Å². The van der Waals surface area contributed by atoms with Crippen molar-refractivity contribution >= 4 is 16.6 Å². The van der Waals surface area contributed by atoms with Crippen LogP contribution in [-0.2, 0) is 10.8 Å². The summed E-state index contributed by atoms with van der Waals surface area (Å²) in [6.45, 7) is 1.83. The summed E-state index contributed by atoms with van der Waals surface area (Å²) in [6, 6.07) is 10.0. The molecule has 2 rings (SSSR count). The van der Waals surface area contributed by atoms with Crippen molar-refractivity contribution in [2.24, 2.45) is 0 Å². The molecule has 2 aromatic carbocycles. The molecule has 2 nitrogen and oxygen atoms in total. The number of Topliss-reactive ketones (excluding diaryl/α,β-unsaturated/α-hetero) is 1. The van der Waals surface area contributed by atoms with Gasteiger partial charge < -0.3 is 0 Å². The van der Waals surface area contributed by atoms with Crippen LogP contribution in [0.15, 0.2) is 47.4 Å². The standard InChI is InChI=1S/C15H12F2O2S/c1-10-4-2-5-11(8-10)20(19)9-14(18)15-12(16)6-3-7-13(15)17/h2-8H,9H2,1H3. The highest BCUT2D eigenvalue weighted by molar-refractivity contribution is 7.85. The lowest BCUT2D eigenvalue weighted by Gasteiger charge is -2.05. The van der Waals surface area contributed by atoms with E-state index in [9.17, 15) is 17.8 Å². The Balaban J connectivity index is 2.22. The molecule has 0 aromatic heterocycles. The second kappa shape index (κ2) is 6.05. The average Bonchev–Trinajstić information content (AvgIpc) is 2.38. The summed E-state index contributed by atoms with van der Waals surface area (Å²) >= 11 is 0. The van der Waals surface area contributed by atoms with Crippen LogP contribution in [0.1, 0.15) is 15.9 Å². The first kappa shape index (κ1) is 14.5. The van der Waals surface area contributed by atoms with E-state index in [2.05, 4.69) is 0 Å². The fraction of sp³-hybridized carbons (Fsp3) is 0.133. The highest BCUT2D eigenvalue weighted by Gasteiger charge is 2.19. The van der Waals surface area contributed by atoms with Crippen molar-refractivity contribution in [2.45, 2.75) is 11.8 Å². The van der Waals surface area contributed by atoms with Crippen molar-refractivity contribution < 1.29 is 17.8 Å². The molecule has 2 aromatic rings. The van der Waals surface area contributed by atoms with Gasteiger partial charge in [0, 0.05) is 4.90 Å². The minimum Gasteiger partial charge on any atom is -0.293 e. The molecule has 0 aliphatic carbocycles. The van der Waals surface area contributed by atoms with Crippen LogP contribution in [0.4, 0.5) is 8.78 Å². The predicted octanol–water partition coefficient (Wildman–Crippen LogP) is 3.26. The number of carbonyl (C=O) groups excluding carboxylic acids is 1. The van der Waals surface area contributed by atoms with Gasteiger partial charge in [-0.3, -0.25) is 9.00 Å². The summed E-state index contributed by atoms with van der Waals surface area (Å²) in [5.41, 5.74) is 0.272. The van der Waals surface area contributed by atoms with Crippen molar-refractivity contribution in [3.8, 4) is 0 Å². The zero-order chi connectivity index (χ0) is 14.7. The lowest BCUT2D eigenvalue weighted by atomic mass is 10.1. The number of halogens is 2. The van der Waals surface area contributed by atoms with E-state index in [1.807, 2.05) is 13.0 Å². The molecule has 0 saturated carbocycles. The quantitative estimate of drug-likeness (QED) is 0.811. The molecule has 0 fully saturated rings. The number of aryl methyl sites for hydroxylation is 1. The third-order valence-corrected chi connectivity index (χ3v) is 4.06. The number of carbonyl (C=O) groups is 1. The SMILES string of the molecule is Cc1cccc(S(=O)CC(=O)c2c(F)cccc2F)c1. The van der Waals surface area contributed by atoms with Crippen LogP contribution >= 0.6 is 0 Å². The third kappa shape index (κ3) is 3.17. The maximum absolute atomic E-state index is 13.5. The maximum Gasteiger partial charge on any atom is 0.181 e. The highest BCUT2D eigenvalue weighted by atomic mass is 32.2. The molecule has 0 aliphatic heterocycles. The van der Waals surface area contributed by atoms with Crippen LogP contribution in [-0.4, -0.2) is 15.7 Å². The van der Waals surface area contributed by atoms with Crippen molar-refractivity contribution in [2.75, 3.05) is 5.75 Å². The maximum atomic E-state index is 13.5. The topological polar surface area (TPSA) is 34.1 Å². The Labute approximate surface area is 117 Å². The van der Waals surface area contributed by atoms with Crippen LogP contribution < -0.4 is 0 Å². The summed E-state index contributed by atoms with van der Waals surface area (Å²) in [4.78, 5) is 12.3. The van der Waals surface area contributed by atoms with E-state index in [1.165, 1.54) is 6.07 Å². The number of hydrogen-bond donors (Lipinski definition) is 0. The van der Waals surface area contributed by atoms with E-state index in [-0.39, 0.29) is 0 Å². The molecule has 0 saturated heterocycles. The van der Waals surface area contributed by atoms with Crippen LogP contribution in [0.2, 0.25) is 0 Å². The highest BCUT2D eigenvalue weighted by Crippen LogP contribution is 2.15. The minimum atomic E-state index is -1.62. The number of ketones is 1. The van der Waals surface area contributed by atoms with E-state index in [0.717, 1.165) is 17.7 Å². The second-order valence-electron chi connectivity index (χ2n) is 4.33. The number of hydrogen-bond acceptors (Lipinski definition) is 2. The van der Waals surface area contributed by atoms with Crippen molar-refractivity contribution in [1.82, 2.24) is 0 Å². The van der Waals surface area contributed by atoms with Gasteiger partial charge in [-0.05, 0) is 36.8 Å². The Morgan fingerprint density at radius 1 is 1.10 bits per heavy atom. The molecule has 0 radical (unpaired) electrons. The second-order valence-corrected chi connectivity index (χ2v) is 5.78. The summed E-state index contributed by atoms with van der Waals surface area (Å²) in [7, 11) is -1.62. The molecule has 0 amide bonds. The molecule has 1 atom stereocenters. The molecule has 1 unspecified atom stereocenters. The molecule has 20 heavy (non-hydrogen) atoms. The molecule has 0 N–H and O–H groups in total. The van der Waals surface area contributed by atoms with Gasteiger partial charge >= 0.3 is 0 Å². The van der Waals surface area contributed by atoms with E-state index in [0.29, 0.717) is 4.90 Å². The van der Waals surface area contributed by atoms with E-state index in [4.69, 9.17) is 0 Å². The van der Waals surface area contributed by atoms with Crippen LogP contribution in [0.5, 0.6) is 0 Å². The first-order valence-electron chi connectivity index (χ1n) is 5.91. The van der Waals surface area contributed by atoms with Gasteiger partial charge in [-0.2, -0.15) is 0 Å². The van der Waals surface area contributed by atoms with Crippen LogP contribution in [0, 0.1) is 18.6 Å². The minimum absolute atomic E-state index is 0.443. The van der Waals surface area contributed by atoms with Gasteiger partial charge in [0.05, 0.1) is 22.1 Å². The summed E-state index contributed by atoms with van der Waals surface area (Å²) in [5.74, 6) is -3.12. The Morgan fingerprint density at radius 2 is 1.70 bits per heavy atom. The first-order valence-corrected chi connectivity index (χ1v) is 7.23. The lowest BCUT2D eigenvalue weighted by molar-refractivity contribution is 0.101. The average molecular weight is 294 g/mol. The van der Waals surface area contributed by atoms with E-state index < -0.39 is 39.5 Å². The van der Waals surface area contributed by atoms with Gasteiger partial charge in [0.25, 0.3) is 0 Å². The molecule has 0 aliphatic rings. The largest absolute Gasteiger partial charge is 0.293 e. The zero-order valence-electron chi connectivity index (χ0n) is 10.7. The summed E-state index contributed by atoms with van der Waals surface area (Å²) in [6.07, 6.45) is 0. The molecule has 5 heteroatoms. The molecule has 0 bridgehead atoms. The Kier molecular flexibility index (Phi) is 4.39. The van der Waals surface area contributed by atoms with Gasteiger partial charge in [-0.1, -0.05) is 18.2 Å². The Morgan fingerprint density at radius 3 is 2.30 bits per heavy atom. The Hall–Kier alpha value is -1.88. The third-order valence-electron chi connectivity index (χ3n) is 2.76. The normalized spacial score (nSPS) is 12.2. The predicted molar refractivity (Wildman–Crippen MR) is 73.1 cm³/mol. The van der Waals surface area contributed by atoms with E-state index in [1.54, 1.807) is 18.2 Å². The summed E-state index contributed by atoms with van der Waals surface area (Å²) in [5, 5.41) is 0. The molecule has 0 spiro atoms. The monoisotopic (exact) mass is 294 g/mol. The van der Waals surface area contributed by atoms with Gasteiger partial charge in [0.2, 0.25) is 0 Å². The molecular weight excluding hydrogens is 282 g/mol. The Bertz CT molecular complexity index is 663. The number of rotatable bonds is 4.